The van der Waals surface area contributed by atoms with Gasteiger partial charge in [-0.2, -0.15) is 0 Å². The third-order valence-corrected chi connectivity index (χ3v) is 6.40. The second-order valence-corrected chi connectivity index (χ2v) is 8.06. The molecule has 0 saturated heterocycles. The van der Waals surface area contributed by atoms with Crippen LogP contribution < -0.4 is 0 Å². The SMILES string of the molecule is CCCCc1cccc2cc3ccccc3c(-c3ccc[se]3)c12. The van der Waals surface area contributed by atoms with Crippen LogP contribution >= 0.6 is 0 Å². The second-order valence-electron chi connectivity index (χ2n) is 6.07. The molecule has 23 heavy (non-hydrogen) atoms. The van der Waals surface area contributed by atoms with Gasteiger partial charge in [0, 0.05) is 0 Å². The van der Waals surface area contributed by atoms with E-state index >= 15 is 0 Å². The zero-order chi connectivity index (χ0) is 15.6. The van der Waals surface area contributed by atoms with Gasteiger partial charge in [0.05, 0.1) is 0 Å². The summed E-state index contributed by atoms with van der Waals surface area (Å²) in [7, 11) is 0. The van der Waals surface area contributed by atoms with Crippen molar-refractivity contribution in [3.8, 4) is 10.0 Å². The summed E-state index contributed by atoms with van der Waals surface area (Å²) in [5.41, 5.74) is 2.99. The molecule has 0 fully saturated rings. The number of hydrogen-bond donors (Lipinski definition) is 0. The maximum atomic E-state index is 2.36. The van der Waals surface area contributed by atoms with Crippen molar-refractivity contribution in [3.05, 3.63) is 71.2 Å². The predicted molar refractivity (Wildman–Crippen MR) is 102 cm³/mol. The molecule has 0 nitrogen and oxygen atoms in total. The molecule has 0 unspecified atom stereocenters. The Balaban J connectivity index is 2.13. The molecule has 4 aromatic rings. The number of rotatable bonds is 4. The van der Waals surface area contributed by atoms with Gasteiger partial charge in [0.1, 0.15) is 0 Å². The van der Waals surface area contributed by atoms with Gasteiger partial charge < -0.3 is 0 Å². The summed E-state index contributed by atoms with van der Waals surface area (Å²) in [6.45, 7) is 2.27. The van der Waals surface area contributed by atoms with Crippen LogP contribution in [0, 0.1) is 0 Å². The third-order valence-electron chi connectivity index (χ3n) is 4.54. The van der Waals surface area contributed by atoms with Gasteiger partial charge >= 0.3 is 143 Å². The molecule has 0 aliphatic carbocycles. The average molecular weight is 363 g/mol. The summed E-state index contributed by atoms with van der Waals surface area (Å²) < 4.78 is 1.52. The van der Waals surface area contributed by atoms with E-state index in [0.29, 0.717) is 14.5 Å². The molecule has 0 amide bonds. The number of aryl methyl sites for hydroxylation is 1. The zero-order valence-corrected chi connectivity index (χ0v) is 15.1. The van der Waals surface area contributed by atoms with E-state index in [1.165, 1.54) is 56.4 Å². The first-order chi connectivity index (χ1) is 11.4. The Bertz CT molecular complexity index is 948. The van der Waals surface area contributed by atoms with E-state index in [9.17, 15) is 0 Å². The van der Waals surface area contributed by atoms with Crippen molar-refractivity contribution in [2.45, 2.75) is 26.2 Å². The molecule has 0 N–H and O–H groups in total. The van der Waals surface area contributed by atoms with Gasteiger partial charge in [0.15, 0.2) is 0 Å². The van der Waals surface area contributed by atoms with Crippen LogP contribution in [-0.2, 0) is 6.42 Å². The molecule has 3 aromatic carbocycles. The van der Waals surface area contributed by atoms with Gasteiger partial charge in [-0.15, -0.1) is 0 Å². The maximum absolute atomic E-state index is 2.36. The fourth-order valence-electron chi connectivity index (χ4n) is 3.45. The molecule has 0 bridgehead atoms. The van der Waals surface area contributed by atoms with Crippen molar-refractivity contribution >= 4 is 36.0 Å². The number of benzene rings is 3. The van der Waals surface area contributed by atoms with Crippen LogP contribution in [0.5, 0.6) is 0 Å². The van der Waals surface area contributed by atoms with Crippen molar-refractivity contribution in [1.82, 2.24) is 0 Å². The van der Waals surface area contributed by atoms with Crippen molar-refractivity contribution in [2.24, 2.45) is 0 Å². The number of unbranched alkanes of at least 4 members (excludes halogenated alkanes) is 1. The van der Waals surface area contributed by atoms with Crippen LogP contribution in [0.2, 0.25) is 0 Å². The normalized spacial score (nSPS) is 11.3. The molecular formula is C22H20Se. The molecule has 0 saturated carbocycles. The predicted octanol–water partition coefficient (Wildman–Crippen LogP) is 6.06. The van der Waals surface area contributed by atoms with Crippen molar-refractivity contribution in [3.63, 3.8) is 0 Å². The molecule has 1 aromatic heterocycles. The van der Waals surface area contributed by atoms with Gasteiger partial charge in [0.2, 0.25) is 0 Å². The molecule has 4 rings (SSSR count). The van der Waals surface area contributed by atoms with Gasteiger partial charge in [-0.1, -0.05) is 0 Å². The molecule has 114 valence electrons. The van der Waals surface area contributed by atoms with E-state index in [1.54, 1.807) is 0 Å². The molecule has 0 spiro atoms. The van der Waals surface area contributed by atoms with E-state index in [-0.39, 0.29) is 0 Å². The van der Waals surface area contributed by atoms with Gasteiger partial charge in [-0.05, 0) is 0 Å². The Morgan fingerprint density at radius 3 is 2.57 bits per heavy atom. The van der Waals surface area contributed by atoms with Crippen LogP contribution in [0.25, 0.3) is 31.5 Å². The molecule has 0 aliphatic rings. The molecule has 1 heterocycles. The minimum atomic E-state index is 0.453. The monoisotopic (exact) mass is 364 g/mol. The van der Waals surface area contributed by atoms with Crippen molar-refractivity contribution in [2.75, 3.05) is 0 Å². The van der Waals surface area contributed by atoms with E-state index < -0.39 is 0 Å². The van der Waals surface area contributed by atoms with E-state index in [1.807, 2.05) is 0 Å². The first-order valence-corrected chi connectivity index (χ1v) is 10.2. The molecular weight excluding hydrogens is 343 g/mol. The molecule has 1 heteroatoms. The second kappa shape index (κ2) is 6.35. The quantitative estimate of drug-likeness (QED) is 0.305. The minimum absolute atomic E-state index is 0.453. The summed E-state index contributed by atoms with van der Waals surface area (Å²) in [5, 5.41) is 5.62. The molecule has 0 atom stereocenters. The average Bonchev–Trinajstić information content (AvgIpc) is 3.12. The van der Waals surface area contributed by atoms with Crippen LogP contribution in [0.15, 0.2) is 65.6 Å². The first-order valence-electron chi connectivity index (χ1n) is 8.35. The van der Waals surface area contributed by atoms with Gasteiger partial charge in [-0.3, -0.25) is 0 Å². The summed E-state index contributed by atoms with van der Waals surface area (Å²) >= 11 is 0.453. The van der Waals surface area contributed by atoms with Crippen LogP contribution in [-0.4, -0.2) is 14.5 Å². The van der Waals surface area contributed by atoms with E-state index in [0.717, 1.165) is 0 Å². The van der Waals surface area contributed by atoms with Crippen molar-refractivity contribution in [1.29, 1.82) is 0 Å². The Hall–Kier alpha value is -1.82. The fourth-order valence-corrected chi connectivity index (χ4v) is 5.11. The summed E-state index contributed by atoms with van der Waals surface area (Å²) in [5.74, 6) is 0. The number of hydrogen-bond acceptors (Lipinski definition) is 0. The standard InChI is InChI=1S/C22H20Se/c1-2-3-8-16-10-6-11-18-15-17-9-4-5-12-19(17)22(21(16)18)20-13-7-14-23-20/h4-7,9-15H,2-3,8H2,1H3. The van der Waals surface area contributed by atoms with Crippen LogP contribution in [0.4, 0.5) is 0 Å². The summed E-state index contributed by atoms with van der Waals surface area (Å²) in [6, 6.07) is 22.6. The van der Waals surface area contributed by atoms with E-state index in [2.05, 4.69) is 72.5 Å². The van der Waals surface area contributed by atoms with Gasteiger partial charge in [-0.25, -0.2) is 0 Å². The Morgan fingerprint density at radius 1 is 0.870 bits per heavy atom. The third kappa shape index (κ3) is 2.65. The van der Waals surface area contributed by atoms with Crippen molar-refractivity contribution < 1.29 is 0 Å². The van der Waals surface area contributed by atoms with Crippen LogP contribution in [0.1, 0.15) is 25.3 Å². The van der Waals surface area contributed by atoms with Crippen LogP contribution in [0.3, 0.4) is 0 Å². The molecule has 0 radical (unpaired) electrons. The Morgan fingerprint density at radius 2 is 1.74 bits per heavy atom. The van der Waals surface area contributed by atoms with Gasteiger partial charge in [0.25, 0.3) is 0 Å². The van der Waals surface area contributed by atoms with E-state index in [4.69, 9.17) is 0 Å². The topological polar surface area (TPSA) is 0 Å². The Kier molecular flexibility index (Phi) is 4.08. The molecule has 0 aliphatic heterocycles. The summed E-state index contributed by atoms with van der Waals surface area (Å²) in [6.07, 6.45) is 3.67. The first kappa shape index (κ1) is 14.8. The fraction of sp³-hybridized carbons (Fsp3) is 0.182. The zero-order valence-electron chi connectivity index (χ0n) is 13.4. The Labute approximate surface area is 143 Å². The summed E-state index contributed by atoms with van der Waals surface area (Å²) in [4.78, 5) is 2.32. The number of fused-ring (bicyclic) bond motifs is 2.